The molecule has 1 atom stereocenters. The predicted molar refractivity (Wildman–Crippen MR) is 105 cm³/mol. The standard InChI is InChI=1S/C20H25ClFN3O4/c1-29-15-11-24(9-3-8-23-7-2-4-18(23)26)19(27)13-25(12-15)20(28)16-6-5-14(22)10-17(16)21/h5-6,10,15H,2-4,7-9,11-13H2,1H3/t15-/m1/s1. The number of carbonyl (C=O) groups excluding carboxylic acids is 3. The third-order valence-corrected chi connectivity index (χ3v) is 5.65. The van der Waals surface area contributed by atoms with Crippen molar-refractivity contribution in [2.24, 2.45) is 0 Å². The number of ether oxygens (including phenoxy) is 1. The Bertz CT molecular complexity index is 791. The number of amides is 3. The molecule has 0 spiro atoms. The van der Waals surface area contributed by atoms with E-state index in [0.29, 0.717) is 32.5 Å². The van der Waals surface area contributed by atoms with Crippen LogP contribution in [0.15, 0.2) is 18.2 Å². The van der Waals surface area contributed by atoms with Gasteiger partial charge in [-0.25, -0.2) is 4.39 Å². The molecule has 29 heavy (non-hydrogen) atoms. The van der Waals surface area contributed by atoms with Gasteiger partial charge in [0.1, 0.15) is 12.4 Å². The Kier molecular flexibility index (Phi) is 7.08. The number of methoxy groups -OCH3 is 1. The molecule has 1 aromatic rings. The van der Waals surface area contributed by atoms with E-state index in [-0.39, 0.29) is 41.6 Å². The summed E-state index contributed by atoms with van der Waals surface area (Å²) in [4.78, 5) is 42.2. The van der Waals surface area contributed by atoms with Crippen LogP contribution in [0.5, 0.6) is 0 Å². The minimum atomic E-state index is -0.532. The molecule has 0 aliphatic carbocycles. The molecule has 2 saturated heterocycles. The maximum absolute atomic E-state index is 13.3. The van der Waals surface area contributed by atoms with E-state index in [0.717, 1.165) is 19.0 Å². The smallest absolute Gasteiger partial charge is 0.255 e. The van der Waals surface area contributed by atoms with Gasteiger partial charge in [-0.3, -0.25) is 14.4 Å². The Hall–Kier alpha value is -2.19. The van der Waals surface area contributed by atoms with Crippen molar-refractivity contribution >= 4 is 29.3 Å². The number of carbonyl (C=O) groups is 3. The lowest BCUT2D eigenvalue weighted by atomic mass is 10.2. The molecule has 0 saturated carbocycles. The van der Waals surface area contributed by atoms with Crippen molar-refractivity contribution in [3.63, 3.8) is 0 Å². The van der Waals surface area contributed by atoms with E-state index in [1.807, 2.05) is 4.90 Å². The van der Waals surface area contributed by atoms with Crippen LogP contribution in [0.4, 0.5) is 4.39 Å². The van der Waals surface area contributed by atoms with E-state index in [2.05, 4.69) is 0 Å². The van der Waals surface area contributed by atoms with Crippen molar-refractivity contribution < 1.29 is 23.5 Å². The van der Waals surface area contributed by atoms with Gasteiger partial charge in [-0.05, 0) is 31.0 Å². The van der Waals surface area contributed by atoms with Crippen LogP contribution in [0.1, 0.15) is 29.6 Å². The van der Waals surface area contributed by atoms with Gasteiger partial charge >= 0.3 is 0 Å². The molecule has 0 N–H and O–H groups in total. The molecule has 2 heterocycles. The molecule has 1 aromatic carbocycles. The normalized spacial score (nSPS) is 20.4. The number of halogens is 2. The summed E-state index contributed by atoms with van der Waals surface area (Å²) in [5, 5.41) is 0.00722. The van der Waals surface area contributed by atoms with Crippen molar-refractivity contribution in [2.45, 2.75) is 25.4 Å². The molecule has 2 aliphatic rings. The highest BCUT2D eigenvalue weighted by Gasteiger charge is 2.31. The fraction of sp³-hybridized carbons (Fsp3) is 0.550. The largest absolute Gasteiger partial charge is 0.378 e. The van der Waals surface area contributed by atoms with Crippen LogP contribution in [0, 0.1) is 5.82 Å². The summed E-state index contributed by atoms with van der Waals surface area (Å²) in [6.07, 6.45) is 1.80. The monoisotopic (exact) mass is 425 g/mol. The molecule has 3 amide bonds. The summed E-state index contributed by atoms with van der Waals surface area (Å²) >= 11 is 6.02. The third kappa shape index (κ3) is 5.25. The number of benzene rings is 1. The Morgan fingerprint density at radius 1 is 1.21 bits per heavy atom. The highest BCUT2D eigenvalue weighted by molar-refractivity contribution is 6.33. The second kappa shape index (κ2) is 9.54. The highest BCUT2D eigenvalue weighted by atomic mass is 35.5. The maximum Gasteiger partial charge on any atom is 0.255 e. The van der Waals surface area contributed by atoms with E-state index < -0.39 is 11.7 Å². The van der Waals surface area contributed by atoms with E-state index in [1.54, 1.807) is 4.90 Å². The van der Waals surface area contributed by atoms with E-state index in [9.17, 15) is 18.8 Å². The first-order chi connectivity index (χ1) is 13.9. The van der Waals surface area contributed by atoms with Gasteiger partial charge in [-0.15, -0.1) is 0 Å². The summed E-state index contributed by atoms with van der Waals surface area (Å²) in [6, 6.07) is 3.56. The van der Waals surface area contributed by atoms with Gasteiger partial charge in [0.05, 0.1) is 16.7 Å². The van der Waals surface area contributed by atoms with Gasteiger partial charge in [0, 0.05) is 46.3 Å². The van der Waals surface area contributed by atoms with Crippen molar-refractivity contribution in [1.82, 2.24) is 14.7 Å². The zero-order valence-electron chi connectivity index (χ0n) is 16.4. The SMILES string of the molecule is CO[C@@H]1CN(CCCN2CCCC2=O)C(=O)CN(C(=O)c2ccc(F)cc2Cl)C1. The molecule has 2 aliphatic heterocycles. The first kappa shape index (κ1) is 21.5. The average Bonchev–Trinajstić information content (AvgIpc) is 3.01. The Labute approximate surface area is 174 Å². The average molecular weight is 426 g/mol. The Morgan fingerprint density at radius 2 is 1.97 bits per heavy atom. The first-order valence-electron chi connectivity index (χ1n) is 9.71. The van der Waals surface area contributed by atoms with E-state index in [4.69, 9.17) is 16.3 Å². The second-order valence-electron chi connectivity index (χ2n) is 7.35. The van der Waals surface area contributed by atoms with Crippen LogP contribution in [0.3, 0.4) is 0 Å². The molecule has 3 rings (SSSR count). The van der Waals surface area contributed by atoms with Gasteiger partial charge in [0.25, 0.3) is 5.91 Å². The molecule has 9 heteroatoms. The Morgan fingerprint density at radius 3 is 2.62 bits per heavy atom. The van der Waals surface area contributed by atoms with Crippen LogP contribution < -0.4 is 0 Å². The number of hydrogen-bond acceptors (Lipinski definition) is 4. The van der Waals surface area contributed by atoms with E-state index in [1.165, 1.54) is 24.1 Å². The van der Waals surface area contributed by atoms with Gasteiger partial charge < -0.3 is 19.4 Å². The van der Waals surface area contributed by atoms with Gasteiger partial charge in [-0.2, -0.15) is 0 Å². The first-order valence-corrected chi connectivity index (χ1v) is 10.1. The van der Waals surface area contributed by atoms with Crippen molar-refractivity contribution in [3.8, 4) is 0 Å². The zero-order valence-corrected chi connectivity index (χ0v) is 17.2. The fourth-order valence-corrected chi connectivity index (χ4v) is 3.97. The Balaban J connectivity index is 1.64. The lowest BCUT2D eigenvalue weighted by Gasteiger charge is -2.24. The van der Waals surface area contributed by atoms with Crippen molar-refractivity contribution in [3.05, 3.63) is 34.6 Å². The van der Waals surface area contributed by atoms with Gasteiger partial charge in [-0.1, -0.05) is 11.6 Å². The van der Waals surface area contributed by atoms with E-state index >= 15 is 0 Å². The number of likely N-dealkylation sites (tertiary alicyclic amines) is 1. The van der Waals surface area contributed by atoms with Crippen LogP contribution in [-0.4, -0.2) is 84.9 Å². The summed E-state index contributed by atoms with van der Waals surface area (Å²) in [5.74, 6) is -0.996. The van der Waals surface area contributed by atoms with Gasteiger partial charge in [0.15, 0.2) is 0 Å². The molecule has 0 radical (unpaired) electrons. The molecular weight excluding hydrogens is 401 g/mol. The number of rotatable bonds is 6. The quantitative estimate of drug-likeness (QED) is 0.696. The number of nitrogens with zero attached hydrogens (tertiary/aromatic N) is 3. The van der Waals surface area contributed by atoms with Crippen LogP contribution in [0.25, 0.3) is 0 Å². The summed E-state index contributed by atoms with van der Waals surface area (Å²) < 4.78 is 18.8. The highest BCUT2D eigenvalue weighted by Crippen LogP contribution is 2.21. The minimum absolute atomic E-state index is 0.00722. The minimum Gasteiger partial charge on any atom is -0.378 e. The fourth-order valence-electron chi connectivity index (χ4n) is 3.72. The van der Waals surface area contributed by atoms with Crippen molar-refractivity contribution in [2.75, 3.05) is 46.4 Å². The van der Waals surface area contributed by atoms with Crippen LogP contribution >= 0.6 is 11.6 Å². The molecular formula is C20H25ClFN3O4. The molecule has 0 bridgehead atoms. The number of hydrogen-bond donors (Lipinski definition) is 0. The molecule has 2 fully saturated rings. The molecule has 0 aromatic heterocycles. The topological polar surface area (TPSA) is 70.2 Å². The maximum atomic E-state index is 13.3. The van der Waals surface area contributed by atoms with Gasteiger partial charge in [0.2, 0.25) is 11.8 Å². The third-order valence-electron chi connectivity index (χ3n) is 5.34. The molecule has 158 valence electrons. The summed E-state index contributed by atoms with van der Waals surface area (Å²) in [5.41, 5.74) is 0.150. The predicted octanol–water partition coefficient (Wildman–Crippen LogP) is 1.79. The van der Waals surface area contributed by atoms with Crippen LogP contribution in [-0.2, 0) is 14.3 Å². The van der Waals surface area contributed by atoms with Crippen molar-refractivity contribution in [1.29, 1.82) is 0 Å². The molecule has 7 nitrogen and oxygen atoms in total. The summed E-state index contributed by atoms with van der Waals surface area (Å²) in [7, 11) is 1.54. The second-order valence-corrected chi connectivity index (χ2v) is 7.75. The van der Waals surface area contributed by atoms with Crippen LogP contribution in [0.2, 0.25) is 5.02 Å². The summed E-state index contributed by atoms with van der Waals surface area (Å²) in [6.45, 7) is 2.37. The zero-order chi connectivity index (χ0) is 21.0. The molecule has 0 unspecified atom stereocenters. The lowest BCUT2D eigenvalue weighted by Crippen LogP contribution is -2.40. The lowest BCUT2D eigenvalue weighted by molar-refractivity contribution is -0.131.